The molecule has 1 fully saturated rings. The molecule has 17 heavy (non-hydrogen) atoms. The molecule has 0 heterocycles. The van der Waals surface area contributed by atoms with Gasteiger partial charge in [0.15, 0.2) is 0 Å². The van der Waals surface area contributed by atoms with Crippen molar-refractivity contribution in [3.63, 3.8) is 0 Å². The SMILES string of the molecule is CCC1(O)CC(C(=O)OCc2ccccc2)C1. The van der Waals surface area contributed by atoms with E-state index in [9.17, 15) is 9.90 Å². The fourth-order valence-corrected chi connectivity index (χ4v) is 2.16. The van der Waals surface area contributed by atoms with Gasteiger partial charge in [0.05, 0.1) is 11.5 Å². The summed E-state index contributed by atoms with van der Waals surface area (Å²) >= 11 is 0. The maximum atomic E-state index is 11.7. The lowest BCUT2D eigenvalue weighted by Gasteiger charge is -2.41. The van der Waals surface area contributed by atoms with E-state index in [1.54, 1.807) is 0 Å². The van der Waals surface area contributed by atoms with Crippen LogP contribution in [0.5, 0.6) is 0 Å². The molecule has 92 valence electrons. The molecule has 0 bridgehead atoms. The van der Waals surface area contributed by atoms with Gasteiger partial charge in [-0.25, -0.2) is 0 Å². The zero-order chi connectivity index (χ0) is 12.3. The first-order valence-electron chi connectivity index (χ1n) is 6.06. The molecule has 3 heteroatoms. The lowest BCUT2D eigenvalue weighted by Crippen LogP contribution is -2.46. The number of carbonyl (C=O) groups is 1. The standard InChI is InChI=1S/C14H18O3/c1-2-14(16)8-12(9-14)13(15)17-10-11-6-4-3-5-7-11/h3-7,12,16H,2,8-10H2,1H3. The molecule has 2 rings (SSSR count). The lowest BCUT2D eigenvalue weighted by molar-refractivity contribution is -0.166. The molecule has 3 nitrogen and oxygen atoms in total. The van der Waals surface area contributed by atoms with Gasteiger partial charge in [-0.2, -0.15) is 0 Å². The third kappa shape index (κ3) is 2.86. The Morgan fingerprint density at radius 3 is 2.65 bits per heavy atom. The van der Waals surface area contributed by atoms with Gasteiger partial charge in [-0.15, -0.1) is 0 Å². The molecule has 0 radical (unpaired) electrons. The largest absolute Gasteiger partial charge is 0.461 e. The topological polar surface area (TPSA) is 46.5 Å². The van der Waals surface area contributed by atoms with Gasteiger partial charge in [-0.1, -0.05) is 37.3 Å². The number of benzene rings is 1. The Kier molecular flexibility index (Phi) is 3.48. The van der Waals surface area contributed by atoms with E-state index in [1.165, 1.54) is 0 Å². The highest BCUT2D eigenvalue weighted by Gasteiger charge is 2.45. The van der Waals surface area contributed by atoms with Gasteiger partial charge in [0.25, 0.3) is 0 Å². The molecule has 1 aliphatic carbocycles. The molecule has 0 unspecified atom stereocenters. The first-order chi connectivity index (χ1) is 8.13. The molecule has 1 aromatic rings. The highest BCUT2D eigenvalue weighted by molar-refractivity contribution is 5.74. The van der Waals surface area contributed by atoms with Crippen molar-refractivity contribution in [2.24, 2.45) is 5.92 Å². The highest BCUT2D eigenvalue weighted by atomic mass is 16.5. The monoisotopic (exact) mass is 234 g/mol. The number of rotatable bonds is 4. The molecule has 1 aromatic carbocycles. The second-order valence-electron chi connectivity index (χ2n) is 4.78. The summed E-state index contributed by atoms with van der Waals surface area (Å²) < 4.78 is 5.22. The molecule has 0 aromatic heterocycles. The van der Waals surface area contributed by atoms with Crippen LogP contribution in [0.1, 0.15) is 31.7 Å². The van der Waals surface area contributed by atoms with Gasteiger partial charge in [0, 0.05) is 0 Å². The van der Waals surface area contributed by atoms with Crippen LogP contribution in [0.15, 0.2) is 30.3 Å². The van der Waals surface area contributed by atoms with Crippen LogP contribution in [0.2, 0.25) is 0 Å². The van der Waals surface area contributed by atoms with Crippen molar-refractivity contribution in [2.45, 2.75) is 38.4 Å². The van der Waals surface area contributed by atoms with Crippen molar-refractivity contribution in [1.82, 2.24) is 0 Å². The third-order valence-corrected chi connectivity index (χ3v) is 3.47. The van der Waals surface area contributed by atoms with E-state index in [1.807, 2.05) is 37.3 Å². The summed E-state index contributed by atoms with van der Waals surface area (Å²) in [5.41, 5.74) is 0.363. The van der Waals surface area contributed by atoms with Crippen molar-refractivity contribution in [2.75, 3.05) is 0 Å². The average molecular weight is 234 g/mol. The summed E-state index contributed by atoms with van der Waals surface area (Å²) in [5.74, 6) is -0.310. The van der Waals surface area contributed by atoms with Gasteiger partial charge in [-0.3, -0.25) is 4.79 Å². The number of ether oxygens (including phenoxy) is 1. The molecule has 1 N–H and O–H groups in total. The van der Waals surface area contributed by atoms with Crippen molar-refractivity contribution >= 4 is 5.97 Å². The molecule has 0 aliphatic heterocycles. The van der Waals surface area contributed by atoms with Crippen molar-refractivity contribution in [1.29, 1.82) is 0 Å². The Morgan fingerprint density at radius 2 is 2.06 bits per heavy atom. The Hall–Kier alpha value is -1.35. The minimum atomic E-state index is -0.629. The number of esters is 1. The van der Waals surface area contributed by atoms with Crippen LogP contribution in [-0.2, 0) is 16.1 Å². The molecule has 1 saturated carbocycles. The summed E-state index contributed by atoms with van der Waals surface area (Å²) in [5, 5.41) is 9.82. The number of hydrogen-bond donors (Lipinski definition) is 1. The van der Waals surface area contributed by atoms with Gasteiger partial charge < -0.3 is 9.84 Å². The van der Waals surface area contributed by atoms with Crippen LogP contribution in [0, 0.1) is 5.92 Å². The van der Waals surface area contributed by atoms with E-state index in [0.717, 1.165) is 5.56 Å². The maximum Gasteiger partial charge on any atom is 0.309 e. The minimum Gasteiger partial charge on any atom is -0.461 e. The second-order valence-corrected chi connectivity index (χ2v) is 4.78. The maximum absolute atomic E-state index is 11.7. The molecule has 0 atom stereocenters. The zero-order valence-electron chi connectivity index (χ0n) is 10.1. The van der Waals surface area contributed by atoms with Crippen LogP contribution in [0.25, 0.3) is 0 Å². The van der Waals surface area contributed by atoms with E-state index < -0.39 is 5.60 Å². The Labute approximate surface area is 101 Å². The molecular formula is C14H18O3. The predicted molar refractivity (Wildman–Crippen MR) is 64.2 cm³/mol. The third-order valence-electron chi connectivity index (χ3n) is 3.47. The highest BCUT2D eigenvalue weighted by Crippen LogP contribution is 2.40. The normalized spacial score (nSPS) is 27.3. The van der Waals surface area contributed by atoms with Crippen molar-refractivity contribution in [3.8, 4) is 0 Å². The van der Waals surface area contributed by atoms with Crippen LogP contribution >= 0.6 is 0 Å². The number of carbonyl (C=O) groups excluding carboxylic acids is 1. The fourth-order valence-electron chi connectivity index (χ4n) is 2.16. The summed E-state index contributed by atoms with van der Waals surface area (Å²) in [6.07, 6.45) is 1.78. The van der Waals surface area contributed by atoms with E-state index in [2.05, 4.69) is 0 Å². The van der Waals surface area contributed by atoms with E-state index >= 15 is 0 Å². The van der Waals surface area contributed by atoms with Crippen LogP contribution in [0.3, 0.4) is 0 Å². The van der Waals surface area contributed by atoms with Gasteiger partial charge >= 0.3 is 5.97 Å². The molecule has 0 saturated heterocycles. The fraction of sp³-hybridized carbons (Fsp3) is 0.500. The van der Waals surface area contributed by atoms with E-state index in [-0.39, 0.29) is 11.9 Å². The smallest absolute Gasteiger partial charge is 0.309 e. The van der Waals surface area contributed by atoms with Gasteiger partial charge in [-0.05, 0) is 24.8 Å². The van der Waals surface area contributed by atoms with E-state index in [0.29, 0.717) is 25.9 Å². The predicted octanol–water partition coefficient (Wildman–Crippen LogP) is 2.28. The van der Waals surface area contributed by atoms with E-state index in [4.69, 9.17) is 4.74 Å². The lowest BCUT2D eigenvalue weighted by atomic mass is 9.69. The summed E-state index contributed by atoms with van der Waals surface area (Å²) in [6, 6.07) is 9.62. The molecular weight excluding hydrogens is 216 g/mol. The first kappa shape index (κ1) is 12.1. The van der Waals surface area contributed by atoms with Gasteiger partial charge in [0.1, 0.15) is 6.61 Å². The van der Waals surface area contributed by atoms with Gasteiger partial charge in [0.2, 0.25) is 0 Å². The zero-order valence-corrected chi connectivity index (χ0v) is 10.1. The average Bonchev–Trinajstić information content (AvgIpc) is 2.33. The number of aliphatic hydroxyl groups is 1. The summed E-state index contributed by atoms with van der Waals surface area (Å²) in [4.78, 5) is 11.7. The summed E-state index contributed by atoms with van der Waals surface area (Å²) in [6.45, 7) is 2.26. The van der Waals surface area contributed by atoms with Crippen LogP contribution < -0.4 is 0 Å². The van der Waals surface area contributed by atoms with Crippen LogP contribution in [-0.4, -0.2) is 16.7 Å². The Bertz CT molecular complexity index is 380. The minimum absolute atomic E-state index is 0.122. The summed E-state index contributed by atoms with van der Waals surface area (Å²) in [7, 11) is 0. The molecule has 1 aliphatic rings. The van der Waals surface area contributed by atoms with Crippen molar-refractivity contribution < 1.29 is 14.6 Å². The Morgan fingerprint density at radius 1 is 1.41 bits per heavy atom. The molecule has 0 spiro atoms. The molecule has 0 amide bonds. The Balaban J connectivity index is 1.76. The van der Waals surface area contributed by atoms with Crippen molar-refractivity contribution in [3.05, 3.63) is 35.9 Å². The first-order valence-corrected chi connectivity index (χ1v) is 6.06. The van der Waals surface area contributed by atoms with Crippen LogP contribution in [0.4, 0.5) is 0 Å². The number of hydrogen-bond acceptors (Lipinski definition) is 3. The second kappa shape index (κ2) is 4.88. The quantitative estimate of drug-likeness (QED) is 0.813.